The Hall–Kier alpha value is -2.88. The fraction of sp³-hybridized carbons (Fsp3) is 0.261. The average molecular weight is 537 g/mol. The van der Waals surface area contributed by atoms with Gasteiger partial charge >= 0.3 is 182 Å². The molecule has 0 unspecified atom stereocenters. The maximum atomic E-state index is 12.1. The standard InChI is InChI=1S/C23H24INO6/c1-4-29-23(28)21(25-16(3)26)13-17-9-11-18(12-10-17)30-15(2)14-24-20-8-6-5-7-19(20)22(27)31-24/h5-12,14,21H,4,13H2,1-3H3,(H,25,26)/b15-14-/t21-/m0/s1. The molecule has 0 saturated carbocycles. The van der Waals surface area contributed by atoms with E-state index in [-0.39, 0.29) is 18.5 Å². The van der Waals surface area contributed by atoms with Gasteiger partial charge in [-0.05, 0) is 6.92 Å². The van der Waals surface area contributed by atoms with Crippen molar-refractivity contribution in [1.82, 2.24) is 5.32 Å². The van der Waals surface area contributed by atoms with Gasteiger partial charge in [-0.15, -0.1) is 0 Å². The molecule has 1 N–H and O–H groups in total. The Morgan fingerprint density at radius 2 is 1.84 bits per heavy atom. The summed E-state index contributed by atoms with van der Waals surface area (Å²) in [5.41, 5.74) is 1.49. The summed E-state index contributed by atoms with van der Waals surface area (Å²) >= 11 is -2.22. The SMILES string of the molecule is CCOC(=O)[C@H](Cc1ccc(O/C(C)=C\I2OC(=O)c3ccccc32)cc1)NC(C)=O. The first-order valence-corrected chi connectivity index (χ1v) is 13.0. The number of hydrogen-bond acceptors (Lipinski definition) is 6. The minimum absolute atomic E-state index is 0.248. The summed E-state index contributed by atoms with van der Waals surface area (Å²) < 4.78 is 19.4. The molecule has 0 saturated heterocycles. The van der Waals surface area contributed by atoms with Crippen LogP contribution in [-0.4, -0.2) is 30.5 Å². The molecule has 1 amide bonds. The van der Waals surface area contributed by atoms with Crippen LogP contribution in [-0.2, 0) is 23.8 Å². The molecule has 0 aliphatic carbocycles. The van der Waals surface area contributed by atoms with Gasteiger partial charge < -0.3 is 0 Å². The Morgan fingerprint density at radius 3 is 2.52 bits per heavy atom. The zero-order valence-corrected chi connectivity index (χ0v) is 19.7. The third-order valence-electron chi connectivity index (χ3n) is 4.29. The van der Waals surface area contributed by atoms with Crippen molar-refractivity contribution in [2.75, 3.05) is 6.61 Å². The molecular weight excluding hydrogens is 513 g/mol. The monoisotopic (exact) mass is 537 g/mol. The van der Waals surface area contributed by atoms with E-state index in [2.05, 4.69) is 5.32 Å². The van der Waals surface area contributed by atoms with Crippen LogP contribution in [0, 0.1) is 3.57 Å². The van der Waals surface area contributed by atoms with Crippen LogP contribution in [0.3, 0.4) is 0 Å². The number of ether oxygens (including phenoxy) is 2. The van der Waals surface area contributed by atoms with Crippen molar-refractivity contribution in [2.24, 2.45) is 0 Å². The summed E-state index contributed by atoms with van der Waals surface area (Å²) in [6, 6.07) is 13.9. The van der Waals surface area contributed by atoms with E-state index in [4.69, 9.17) is 12.5 Å². The van der Waals surface area contributed by atoms with E-state index in [1.165, 1.54) is 6.92 Å². The number of halogens is 1. The van der Waals surface area contributed by atoms with Gasteiger partial charge in [0.05, 0.1) is 0 Å². The van der Waals surface area contributed by atoms with Crippen LogP contribution in [0.5, 0.6) is 5.75 Å². The third-order valence-corrected chi connectivity index (χ3v) is 8.69. The van der Waals surface area contributed by atoms with Crippen LogP contribution in [0.15, 0.2) is 58.4 Å². The Labute approximate surface area is 188 Å². The van der Waals surface area contributed by atoms with Gasteiger partial charge in [-0.25, -0.2) is 0 Å². The molecule has 0 spiro atoms. The quantitative estimate of drug-likeness (QED) is 0.311. The summed E-state index contributed by atoms with van der Waals surface area (Å²) in [6.07, 6.45) is 0.316. The fourth-order valence-corrected chi connectivity index (χ4v) is 6.81. The van der Waals surface area contributed by atoms with E-state index in [1.54, 1.807) is 25.1 Å². The summed E-state index contributed by atoms with van der Waals surface area (Å²) in [5, 5.41) is 2.62. The van der Waals surface area contributed by atoms with E-state index < -0.39 is 32.2 Å². The number of amides is 1. The number of allylic oxidation sites excluding steroid dienone is 1. The third kappa shape index (κ3) is 6.06. The van der Waals surface area contributed by atoms with Crippen LogP contribution in [0.4, 0.5) is 0 Å². The van der Waals surface area contributed by atoms with Gasteiger partial charge in [0.15, 0.2) is 0 Å². The molecule has 0 aromatic heterocycles. The zero-order valence-electron chi connectivity index (χ0n) is 17.5. The Bertz CT molecular complexity index is 1000. The molecule has 0 bridgehead atoms. The predicted octanol–water partition coefficient (Wildman–Crippen LogP) is 4.00. The number of esters is 1. The second kappa shape index (κ2) is 10.4. The molecular formula is C23H24INO6. The second-order valence-corrected chi connectivity index (χ2v) is 10.6. The molecule has 3 rings (SSSR count). The molecule has 2 aromatic rings. The molecule has 1 heterocycles. The van der Waals surface area contributed by atoms with Gasteiger partial charge in [-0.2, -0.15) is 0 Å². The van der Waals surface area contributed by atoms with Crippen molar-refractivity contribution in [3.05, 3.63) is 73.1 Å². The number of rotatable bonds is 8. The first-order chi connectivity index (χ1) is 14.9. The topological polar surface area (TPSA) is 90.9 Å². The van der Waals surface area contributed by atoms with E-state index in [9.17, 15) is 14.4 Å². The van der Waals surface area contributed by atoms with Gasteiger partial charge in [-0.3, -0.25) is 0 Å². The van der Waals surface area contributed by atoms with Crippen molar-refractivity contribution in [3.8, 4) is 5.75 Å². The minimum atomic E-state index is -2.22. The summed E-state index contributed by atoms with van der Waals surface area (Å²) in [4.78, 5) is 35.5. The normalized spacial score (nSPS) is 15.0. The fourth-order valence-electron chi connectivity index (χ4n) is 2.99. The van der Waals surface area contributed by atoms with Crippen molar-refractivity contribution in [2.45, 2.75) is 33.2 Å². The van der Waals surface area contributed by atoms with Crippen LogP contribution < -0.4 is 10.1 Å². The Balaban J connectivity index is 1.65. The zero-order chi connectivity index (χ0) is 22.4. The van der Waals surface area contributed by atoms with Gasteiger partial charge in [0.2, 0.25) is 0 Å². The van der Waals surface area contributed by atoms with E-state index >= 15 is 0 Å². The molecule has 7 nitrogen and oxygen atoms in total. The van der Waals surface area contributed by atoms with Crippen LogP contribution in [0.25, 0.3) is 0 Å². The van der Waals surface area contributed by atoms with Crippen molar-refractivity contribution in [1.29, 1.82) is 0 Å². The molecule has 1 aliphatic heterocycles. The summed E-state index contributed by atoms with van der Waals surface area (Å²) in [5.74, 6) is 0.250. The van der Waals surface area contributed by atoms with Crippen molar-refractivity contribution < 1.29 is 26.9 Å². The Kier molecular flexibility index (Phi) is 7.67. The van der Waals surface area contributed by atoms with Crippen LogP contribution in [0.1, 0.15) is 36.7 Å². The number of carbonyl (C=O) groups is 3. The molecule has 1 aliphatic rings. The van der Waals surface area contributed by atoms with Gasteiger partial charge in [0.25, 0.3) is 0 Å². The maximum absolute atomic E-state index is 12.1. The number of carbonyl (C=O) groups excluding carboxylic acids is 3. The molecule has 0 radical (unpaired) electrons. The molecule has 0 fully saturated rings. The first-order valence-electron chi connectivity index (χ1n) is 9.76. The Morgan fingerprint density at radius 1 is 1.13 bits per heavy atom. The number of fused-ring (bicyclic) bond motifs is 1. The van der Waals surface area contributed by atoms with Crippen LogP contribution >= 0.6 is 20.2 Å². The van der Waals surface area contributed by atoms with Crippen molar-refractivity contribution in [3.63, 3.8) is 0 Å². The number of benzene rings is 2. The van der Waals surface area contributed by atoms with E-state index in [0.29, 0.717) is 23.5 Å². The number of hydrogen-bond donors (Lipinski definition) is 1. The molecule has 164 valence electrons. The van der Waals surface area contributed by atoms with Gasteiger partial charge in [0.1, 0.15) is 0 Å². The second-order valence-electron chi connectivity index (χ2n) is 6.79. The van der Waals surface area contributed by atoms with Gasteiger partial charge in [0, 0.05) is 0 Å². The predicted molar refractivity (Wildman–Crippen MR) is 123 cm³/mol. The van der Waals surface area contributed by atoms with Gasteiger partial charge in [-0.1, -0.05) is 0 Å². The van der Waals surface area contributed by atoms with E-state index in [0.717, 1.165) is 9.13 Å². The van der Waals surface area contributed by atoms with Crippen LogP contribution in [0.2, 0.25) is 0 Å². The molecule has 8 heteroatoms. The molecule has 2 aromatic carbocycles. The molecule has 1 atom stereocenters. The molecule has 31 heavy (non-hydrogen) atoms. The first kappa shape index (κ1) is 22.8. The average Bonchev–Trinajstić information content (AvgIpc) is 3.04. The summed E-state index contributed by atoms with van der Waals surface area (Å²) in [6.45, 7) is 5.16. The van der Waals surface area contributed by atoms with Crippen molar-refractivity contribution >= 4 is 38.1 Å². The number of nitrogens with one attached hydrogen (secondary N) is 1. The van der Waals surface area contributed by atoms with E-state index in [1.807, 2.05) is 41.3 Å². The summed E-state index contributed by atoms with van der Waals surface area (Å²) in [7, 11) is 0.